The van der Waals surface area contributed by atoms with Crippen molar-refractivity contribution < 1.29 is 17.0 Å². The molecule has 0 bridgehead atoms. The quantitative estimate of drug-likeness (QED) is 0.807. The maximum absolute atomic E-state index is 12.8. The molecule has 4 nitrogen and oxygen atoms in total. The number of sulfone groups is 1. The van der Waals surface area contributed by atoms with E-state index in [0.717, 1.165) is 6.07 Å². The zero-order valence-corrected chi connectivity index (χ0v) is 10.6. The van der Waals surface area contributed by atoms with Gasteiger partial charge in [0.05, 0.1) is 38.1 Å². The Labute approximate surface area is 101 Å². The van der Waals surface area contributed by atoms with Gasteiger partial charge in [-0.3, -0.25) is 4.21 Å². The van der Waals surface area contributed by atoms with E-state index in [1.165, 1.54) is 12.1 Å². The van der Waals surface area contributed by atoms with Crippen LogP contribution in [0, 0.1) is 5.82 Å². The molecule has 0 radical (unpaired) electrons. The SMILES string of the molecule is Nc1cc(F)ccc1S(=O)C1CCS(=O)(=O)C1. The molecular weight excluding hydrogens is 265 g/mol. The van der Waals surface area contributed by atoms with Gasteiger partial charge < -0.3 is 5.73 Å². The van der Waals surface area contributed by atoms with Gasteiger partial charge in [-0.15, -0.1) is 0 Å². The molecule has 2 unspecified atom stereocenters. The molecule has 1 fully saturated rings. The third-order valence-corrected chi connectivity index (χ3v) is 6.47. The minimum absolute atomic E-state index is 0.0600. The zero-order valence-electron chi connectivity index (χ0n) is 8.93. The highest BCUT2D eigenvalue weighted by Crippen LogP contribution is 2.25. The van der Waals surface area contributed by atoms with Gasteiger partial charge >= 0.3 is 0 Å². The Kier molecular flexibility index (Phi) is 3.22. The molecular formula is C10H12FNO3S2. The van der Waals surface area contributed by atoms with Crippen LogP contribution in [0.3, 0.4) is 0 Å². The van der Waals surface area contributed by atoms with Crippen molar-refractivity contribution in [3.05, 3.63) is 24.0 Å². The van der Waals surface area contributed by atoms with Gasteiger partial charge in [0.2, 0.25) is 0 Å². The summed E-state index contributed by atoms with van der Waals surface area (Å²) in [5, 5.41) is -0.437. The lowest BCUT2D eigenvalue weighted by molar-refractivity contribution is 0.602. The van der Waals surface area contributed by atoms with Crippen LogP contribution in [0.5, 0.6) is 0 Å². The molecule has 17 heavy (non-hydrogen) atoms. The van der Waals surface area contributed by atoms with Gasteiger partial charge in [-0.25, -0.2) is 12.8 Å². The largest absolute Gasteiger partial charge is 0.398 e. The van der Waals surface area contributed by atoms with Gasteiger partial charge in [-0.05, 0) is 24.6 Å². The number of rotatable bonds is 2. The summed E-state index contributed by atoms with van der Waals surface area (Å²) in [7, 11) is -4.57. The third-order valence-electron chi connectivity index (χ3n) is 2.68. The zero-order chi connectivity index (χ0) is 12.6. The first-order valence-electron chi connectivity index (χ1n) is 5.05. The van der Waals surface area contributed by atoms with Crippen molar-refractivity contribution in [2.45, 2.75) is 16.6 Å². The van der Waals surface area contributed by atoms with E-state index in [9.17, 15) is 17.0 Å². The Morgan fingerprint density at radius 1 is 1.41 bits per heavy atom. The van der Waals surface area contributed by atoms with Crippen LogP contribution in [0.2, 0.25) is 0 Å². The van der Waals surface area contributed by atoms with Gasteiger partial charge in [0.15, 0.2) is 9.84 Å². The lowest BCUT2D eigenvalue weighted by Gasteiger charge is -2.10. The van der Waals surface area contributed by atoms with E-state index in [4.69, 9.17) is 5.73 Å². The number of nitrogen functional groups attached to an aromatic ring is 1. The normalized spacial score (nSPS) is 24.6. The van der Waals surface area contributed by atoms with Gasteiger partial charge in [-0.1, -0.05) is 0 Å². The lowest BCUT2D eigenvalue weighted by Crippen LogP contribution is -2.17. The molecule has 2 atom stereocenters. The van der Waals surface area contributed by atoms with Crippen molar-refractivity contribution in [2.24, 2.45) is 0 Å². The molecule has 2 rings (SSSR count). The van der Waals surface area contributed by atoms with Gasteiger partial charge in [0.25, 0.3) is 0 Å². The number of anilines is 1. The van der Waals surface area contributed by atoms with Gasteiger partial charge in [0, 0.05) is 0 Å². The molecule has 94 valence electrons. The summed E-state index contributed by atoms with van der Waals surface area (Å²) in [6, 6.07) is 3.62. The maximum atomic E-state index is 12.8. The first-order chi connectivity index (χ1) is 7.89. The fourth-order valence-electron chi connectivity index (χ4n) is 1.81. The molecule has 0 saturated carbocycles. The molecule has 1 saturated heterocycles. The second-order valence-corrected chi connectivity index (χ2v) is 7.93. The van der Waals surface area contributed by atoms with Crippen LogP contribution in [0.4, 0.5) is 10.1 Å². The van der Waals surface area contributed by atoms with Crippen LogP contribution < -0.4 is 5.73 Å². The second-order valence-electron chi connectivity index (χ2n) is 4.00. The topological polar surface area (TPSA) is 77.2 Å². The van der Waals surface area contributed by atoms with Crippen molar-refractivity contribution in [1.82, 2.24) is 0 Å². The third kappa shape index (κ3) is 2.66. The van der Waals surface area contributed by atoms with Crippen LogP contribution in [-0.4, -0.2) is 29.4 Å². The highest BCUT2D eigenvalue weighted by molar-refractivity contribution is 7.94. The molecule has 1 aromatic carbocycles. The van der Waals surface area contributed by atoms with E-state index >= 15 is 0 Å². The molecule has 0 amide bonds. The van der Waals surface area contributed by atoms with Crippen LogP contribution in [0.1, 0.15) is 6.42 Å². The smallest absolute Gasteiger partial charge is 0.151 e. The van der Waals surface area contributed by atoms with Crippen molar-refractivity contribution >= 4 is 26.3 Å². The Morgan fingerprint density at radius 2 is 2.12 bits per heavy atom. The molecule has 2 N–H and O–H groups in total. The Hall–Kier alpha value is -0.950. The fourth-order valence-corrected chi connectivity index (χ4v) is 5.81. The van der Waals surface area contributed by atoms with Crippen LogP contribution in [-0.2, 0) is 20.6 Å². The van der Waals surface area contributed by atoms with Crippen LogP contribution in [0.25, 0.3) is 0 Å². The van der Waals surface area contributed by atoms with Crippen molar-refractivity contribution in [3.8, 4) is 0 Å². The minimum atomic E-state index is -3.08. The highest BCUT2D eigenvalue weighted by Gasteiger charge is 2.33. The predicted octanol–water partition coefficient (Wildman–Crippen LogP) is 0.703. The fraction of sp³-hybridized carbons (Fsp3) is 0.400. The van der Waals surface area contributed by atoms with E-state index in [1.807, 2.05) is 0 Å². The molecule has 1 aromatic rings. The van der Waals surface area contributed by atoms with Crippen molar-refractivity contribution in [1.29, 1.82) is 0 Å². The molecule has 1 aliphatic rings. The average molecular weight is 277 g/mol. The summed E-state index contributed by atoms with van der Waals surface area (Å²) in [4.78, 5) is 0.313. The summed E-state index contributed by atoms with van der Waals surface area (Å²) in [6.07, 6.45) is 0.367. The summed E-state index contributed by atoms with van der Waals surface area (Å²) >= 11 is 0. The molecule has 0 aromatic heterocycles. The van der Waals surface area contributed by atoms with E-state index in [2.05, 4.69) is 0 Å². The summed E-state index contributed by atoms with van der Waals surface area (Å²) in [5.74, 6) is -0.525. The molecule has 1 heterocycles. The molecule has 7 heteroatoms. The van der Waals surface area contributed by atoms with E-state index in [-0.39, 0.29) is 17.2 Å². The number of benzene rings is 1. The first-order valence-corrected chi connectivity index (χ1v) is 8.08. The number of hydrogen-bond acceptors (Lipinski definition) is 4. The first kappa shape index (κ1) is 12.5. The summed E-state index contributed by atoms with van der Waals surface area (Å²) in [5.41, 5.74) is 5.68. The predicted molar refractivity (Wildman–Crippen MR) is 64.3 cm³/mol. The summed E-state index contributed by atoms with van der Waals surface area (Å²) in [6.45, 7) is 0. The molecule has 0 aliphatic carbocycles. The number of halogens is 1. The number of nitrogens with two attached hydrogens (primary N) is 1. The lowest BCUT2D eigenvalue weighted by atomic mass is 10.3. The Bertz CT molecular complexity index is 571. The minimum Gasteiger partial charge on any atom is -0.398 e. The van der Waals surface area contributed by atoms with Crippen LogP contribution in [0.15, 0.2) is 23.1 Å². The standard InChI is InChI=1S/C10H12FNO3S2/c11-7-1-2-10(9(12)5-7)16(13)8-3-4-17(14,15)6-8/h1-2,5,8H,3-4,6,12H2. The summed E-state index contributed by atoms with van der Waals surface area (Å²) < 4.78 is 47.5. The average Bonchev–Trinajstić information content (AvgIpc) is 2.58. The van der Waals surface area contributed by atoms with E-state index < -0.39 is 31.7 Å². The molecule has 1 aliphatic heterocycles. The highest BCUT2D eigenvalue weighted by atomic mass is 32.2. The Morgan fingerprint density at radius 3 is 2.65 bits per heavy atom. The monoisotopic (exact) mass is 277 g/mol. The maximum Gasteiger partial charge on any atom is 0.151 e. The van der Waals surface area contributed by atoms with Crippen LogP contribution >= 0.6 is 0 Å². The number of hydrogen-bond donors (Lipinski definition) is 1. The Balaban J connectivity index is 2.27. The van der Waals surface area contributed by atoms with Crippen molar-refractivity contribution in [3.63, 3.8) is 0 Å². The van der Waals surface area contributed by atoms with E-state index in [1.54, 1.807) is 0 Å². The molecule has 0 spiro atoms. The van der Waals surface area contributed by atoms with E-state index in [0.29, 0.717) is 11.3 Å². The van der Waals surface area contributed by atoms with Crippen molar-refractivity contribution in [2.75, 3.05) is 17.2 Å². The van der Waals surface area contributed by atoms with Gasteiger partial charge in [-0.2, -0.15) is 0 Å². The van der Waals surface area contributed by atoms with Gasteiger partial charge in [0.1, 0.15) is 5.82 Å². The second kappa shape index (κ2) is 4.38.